The van der Waals surface area contributed by atoms with Crippen LogP contribution in [0.25, 0.3) is 0 Å². The Morgan fingerprint density at radius 1 is 0.725 bits per heavy atom. The van der Waals surface area contributed by atoms with E-state index in [9.17, 15) is 4.79 Å². The topological polar surface area (TPSA) is 35.5 Å². The summed E-state index contributed by atoms with van der Waals surface area (Å²) in [6, 6.07) is 18.8. The van der Waals surface area contributed by atoms with Gasteiger partial charge in [0.1, 0.15) is 18.2 Å². The highest BCUT2D eigenvalue weighted by Gasteiger charge is 2.30. The average Bonchev–Trinajstić information content (AvgIpc) is 2.94. The fraction of sp³-hybridized carbons (Fsp3) is 0.639. The highest BCUT2D eigenvalue weighted by atomic mass is 16.7. The lowest BCUT2D eigenvalue weighted by Gasteiger charge is -2.33. The van der Waals surface area contributed by atoms with Gasteiger partial charge in [-0.2, -0.15) is 0 Å². The molecule has 0 fully saturated rings. The summed E-state index contributed by atoms with van der Waals surface area (Å²) in [5.41, 5.74) is 2.57. The molecular formula is C36H58NO3+. The minimum Gasteiger partial charge on any atom is -0.455 e. The van der Waals surface area contributed by atoms with Gasteiger partial charge >= 0.3 is 5.97 Å². The zero-order chi connectivity index (χ0) is 29.1. The SMILES string of the molecule is CCCCCCCCCCCCCc1cccc(OC(CC)OC(=O)C(CC)C[N+](C)(C)Cc2ccccc2)c1. The van der Waals surface area contributed by atoms with Crippen LogP contribution >= 0.6 is 0 Å². The summed E-state index contributed by atoms with van der Waals surface area (Å²) in [5.74, 6) is 0.461. The van der Waals surface area contributed by atoms with E-state index in [1.165, 1.54) is 81.8 Å². The van der Waals surface area contributed by atoms with Gasteiger partial charge in [0.2, 0.25) is 6.29 Å². The van der Waals surface area contributed by atoms with Gasteiger partial charge in [0.15, 0.2) is 0 Å². The Morgan fingerprint density at radius 3 is 1.93 bits per heavy atom. The molecule has 4 heteroatoms. The number of esters is 1. The normalized spacial score (nSPS) is 13.1. The van der Waals surface area contributed by atoms with Gasteiger partial charge < -0.3 is 14.0 Å². The lowest BCUT2D eigenvalue weighted by Crippen LogP contribution is -2.45. The molecule has 224 valence electrons. The molecular weight excluding hydrogens is 494 g/mol. The van der Waals surface area contributed by atoms with Crippen molar-refractivity contribution in [3.05, 3.63) is 65.7 Å². The van der Waals surface area contributed by atoms with Crippen molar-refractivity contribution in [3.63, 3.8) is 0 Å². The zero-order valence-electron chi connectivity index (χ0n) is 26.3. The number of unbranched alkanes of at least 4 members (excludes halogenated alkanes) is 10. The zero-order valence-corrected chi connectivity index (χ0v) is 26.3. The van der Waals surface area contributed by atoms with Gasteiger partial charge in [-0.1, -0.05) is 127 Å². The van der Waals surface area contributed by atoms with Gasteiger partial charge in [-0.05, 0) is 37.0 Å². The number of ether oxygens (including phenoxy) is 2. The summed E-state index contributed by atoms with van der Waals surface area (Å²) in [7, 11) is 4.36. The first-order chi connectivity index (χ1) is 19.4. The van der Waals surface area contributed by atoms with Gasteiger partial charge in [0, 0.05) is 12.0 Å². The van der Waals surface area contributed by atoms with E-state index in [1.807, 2.05) is 19.1 Å². The van der Waals surface area contributed by atoms with Crippen LogP contribution in [0.2, 0.25) is 0 Å². The molecule has 0 aromatic heterocycles. The molecule has 0 heterocycles. The minimum absolute atomic E-state index is 0.161. The molecule has 0 amide bonds. The number of hydrogen-bond donors (Lipinski definition) is 0. The highest BCUT2D eigenvalue weighted by Crippen LogP contribution is 2.21. The molecule has 2 rings (SSSR count). The maximum atomic E-state index is 13.1. The average molecular weight is 553 g/mol. The molecule has 0 aliphatic rings. The quantitative estimate of drug-likeness (QED) is 0.0631. The molecule has 0 spiro atoms. The molecule has 0 saturated carbocycles. The number of quaternary nitrogens is 1. The highest BCUT2D eigenvalue weighted by molar-refractivity contribution is 5.72. The van der Waals surface area contributed by atoms with Crippen molar-refractivity contribution in [2.75, 3.05) is 20.6 Å². The van der Waals surface area contributed by atoms with Crippen LogP contribution in [0, 0.1) is 5.92 Å². The summed E-state index contributed by atoms with van der Waals surface area (Å²) in [6.07, 6.45) is 16.8. The van der Waals surface area contributed by atoms with Crippen molar-refractivity contribution in [2.24, 2.45) is 5.92 Å². The smallest absolute Gasteiger partial charge is 0.317 e. The predicted octanol–water partition coefficient (Wildman–Crippen LogP) is 9.50. The van der Waals surface area contributed by atoms with E-state index in [0.29, 0.717) is 6.42 Å². The molecule has 40 heavy (non-hydrogen) atoms. The summed E-state index contributed by atoms with van der Waals surface area (Å²) in [5, 5.41) is 0. The standard InChI is InChI=1S/C36H58NO3/c1-6-9-10-11-12-13-14-15-16-17-19-23-31-26-22-27-34(28-31)39-35(8-3)40-36(38)33(7-2)30-37(4,5)29-32-24-20-18-21-25-32/h18,20-22,24-28,33,35H,6-17,19,23,29-30H2,1-5H3/q+1. The van der Waals surface area contributed by atoms with Crippen LogP contribution in [0.5, 0.6) is 5.75 Å². The molecule has 4 nitrogen and oxygen atoms in total. The third kappa shape index (κ3) is 14.3. The largest absolute Gasteiger partial charge is 0.455 e. The Labute approximate surface area is 246 Å². The van der Waals surface area contributed by atoms with Crippen molar-refractivity contribution in [2.45, 2.75) is 123 Å². The summed E-state index contributed by atoms with van der Waals surface area (Å²) in [6.45, 7) is 7.96. The number of carbonyl (C=O) groups is 1. The number of benzene rings is 2. The third-order valence-electron chi connectivity index (χ3n) is 7.81. The lowest BCUT2D eigenvalue weighted by atomic mass is 10.0. The van der Waals surface area contributed by atoms with Crippen LogP contribution in [0.4, 0.5) is 0 Å². The fourth-order valence-corrected chi connectivity index (χ4v) is 5.45. The van der Waals surface area contributed by atoms with Crippen molar-refractivity contribution >= 4 is 5.97 Å². The number of hydrogen-bond acceptors (Lipinski definition) is 3. The van der Waals surface area contributed by atoms with Crippen LogP contribution in [0.15, 0.2) is 54.6 Å². The molecule has 2 aromatic carbocycles. The molecule has 2 aromatic rings. The summed E-state index contributed by atoms with van der Waals surface area (Å²) < 4.78 is 12.8. The van der Waals surface area contributed by atoms with E-state index in [2.05, 4.69) is 70.4 Å². The summed E-state index contributed by atoms with van der Waals surface area (Å²) >= 11 is 0. The number of nitrogens with zero attached hydrogens (tertiary/aromatic N) is 1. The van der Waals surface area contributed by atoms with Crippen molar-refractivity contribution in [1.82, 2.24) is 0 Å². The van der Waals surface area contributed by atoms with Gasteiger partial charge in [-0.25, -0.2) is 0 Å². The Balaban J connectivity index is 1.74. The Kier molecular flexibility index (Phi) is 16.7. The monoisotopic (exact) mass is 552 g/mol. The molecule has 0 N–H and O–H groups in total. The van der Waals surface area contributed by atoms with Gasteiger partial charge in [-0.15, -0.1) is 0 Å². The van der Waals surface area contributed by atoms with E-state index in [4.69, 9.17) is 9.47 Å². The van der Waals surface area contributed by atoms with Crippen LogP contribution in [-0.4, -0.2) is 37.4 Å². The van der Waals surface area contributed by atoms with Gasteiger partial charge in [-0.3, -0.25) is 4.79 Å². The maximum Gasteiger partial charge on any atom is 0.317 e. The molecule has 0 bridgehead atoms. The second-order valence-corrected chi connectivity index (χ2v) is 12.2. The Bertz CT molecular complexity index is 927. The van der Waals surface area contributed by atoms with Crippen molar-refractivity contribution < 1.29 is 18.8 Å². The summed E-state index contributed by atoms with van der Waals surface area (Å²) in [4.78, 5) is 13.1. The molecule has 0 aliphatic heterocycles. The Morgan fingerprint density at radius 2 is 1.32 bits per heavy atom. The van der Waals surface area contributed by atoms with E-state index < -0.39 is 6.29 Å². The van der Waals surface area contributed by atoms with Crippen molar-refractivity contribution in [3.8, 4) is 5.75 Å². The third-order valence-corrected chi connectivity index (χ3v) is 7.81. The van der Waals surface area contributed by atoms with E-state index in [0.717, 1.165) is 36.2 Å². The maximum absolute atomic E-state index is 13.1. The van der Waals surface area contributed by atoms with E-state index in [1.54, 1.807) is 0 Å². The first-order valence-corrected chi connectivity index (χ1v) is 16.2. The Hall–Kier alpha value is -2.33. The molecule has 0 radical (unpaired) electrons. The molecule has 2 atom stereocenters. The number of aryl methyl sites for hydroxylation is 1. The van der Waals surface area contributed by atoms with Crippen LogP contribution < -0.4 is 4.74 Å². The molecule has 2 unspecified atom stereocenters. The minimum atomic E-state index is -0.566. The van der Waals surface area contributed by atoms with Gasteiger partial charge in [0.25, 0.3) is 0 Å². The second-order valence-electron chi connectivity index (χ2n) is 12.2. The van der Waals surface area contributed by atoms with Crippen molar-refractivity contribution in [1.29, 1.82) is 0 Å². The van der Waals surface area contributed by atoms with E-state index in [-0.39, 0.29) is 11.9 Å². The fourth-order valence-electron chi connectivity index (χ4n) is 5.45. The van der Waals surface area contributed by atoms with E-state index >= 15 is 0 Å². The first kappa shape index (κ1) is 33.9. The molecule has 0 saturated heterocycles. The molecule has 0 aliphatic carbocycles. The van der Waals surface area contributed by atoms with Crippen LogP contribution in [0.3, 0.4) is 0 Å². The lowest BCUT2D eigenvalue weighted by molar-refractivity contribution is -0.906. The first-order valence-electron chi connectivity index (χ1n) is 16.2. The van der Waals surface area contributed by atoms with Crippen LogP contribution in [-0.2, 0) is 22.5 Å². The van der Waals surface area contributed by atoms with Gasteiger partial charge in [0.05, 0.1) is 20.6 Å². The number of carbonyl (C=O) groups excluding carboxylic acids is 1. The predicted molar refractivity (Wildman–Crippen MR) is 168 cm³/mol. The number of rotatable bonds is 22. The second kappa shape index (κ2) is 19.7. The van der Waals surface area contributed by atoms with Crippen LogP contribution in [0.1, 0.15) is 115 Å².